The molecule has 0 radical (unpaired) electrons. The number of hydrogen-bond acceptors (Lipinski definition) is 6. The molecule has 3 aromatic rings. The number of halogens is 1. The van der Waals surface area contributed by atoms with E-state index in [4.69, 9.17) is 16.3 Å². The van der Waals surface area contributed by atoms with Gasteiger partial charge >= 0.3 is 5.97 Å². The molecule has 0 spiro atoms. The molecular formula is C19H15ClN4O5. The fourth-order valence-electron chi connectivity index (χ4n) is 2.39. The van der Waals surface area contributed by atoms with Crippen LogP contribution >= 0.6 is 11.6 Å². The summed E-state index contributed by atoms with van der Waals surface area (Å²) in [5.74, 6) is -2.11. The lowest BCUT2D eigenvalue weighted by molar-refractivity contribution is -0.149. The van der Waals surface area contributed by atoms with Crippen molar-refractivity contribution in [2.45, 2.75) is 6.54 Å². The lowest BCUT2D eigenvalue weighted by atomic mass is 10.2. The summed E-state index contributed by atoms with van der Waals surface area (Å²) in [5.41, 5.74) is 4.71. The Hall–Kier alpha value is -3.72. The van der Waals surface area contributed by atoms with Crippen LogP contribution in [0.25, 0.3) is 10.9 Å². The average Bonchev–Trinajstić information content (AvgIpc) is 2.73. The summed E-state index contributed by atoms with van der Waals surface area (Å²) in [6, 6.07) is 12.8. The highest BCUT2D eigenvalue weighted by Gasteiger charge is 2.12. The Morgan fingerprint density at radius 3 is 2.52 bits per heavy atom. The van der Waals surface area contributed by atoms with Gasteiger partial charge in [-0.15, -0.1) is 0 Å². The quantitative estimate of drug-likeness (QED) is 0.476. The Morgan fingerprint density at radius 2 is 1.76 bits per heavy atom. The van der Waals surface area contributed by atoms with Gasteiger partial charge in [-0.25, -0.2) is 4.98 Å². The smallest absolute Gasteiger partial charge is 0.326 e. The number of hydrazine groups is 1. The standard InChI is InChI=1S/C19H15ClN4O5/c20-13-7-5-12(6-8-13)18(27)23-22-16(25)10-29-17(26)9-24-11-21-15-4-2-1-3-14(15)19(24)28/h1-8,11H,9-10H2,(H,22,25)(H,23,27). The van der Waals surface area contributed by atoms with E-state index in [-0.39, 0.29) is 5.56 Å². The first kappa shape index (κ1) is 20.0. The molecule has 29 heavy (non-hydrogen) atoms. The van der Waals surface area contributed by atoms with Crippen molar-refractivity contribution in [2.75, 3.05) is 6.61 Å². The Kier molecular flexibility index (Phi) is 6.20. The molecule has 148 valence electrons. The molecule has 0 atom stereocenters. The minimum absolute atomic E-state index is 0.287. The summed E-state index contributed by atoms with van der Waals surface area (Å²) in [7, 11) is 0. The molecule has 1 aromatic heterocycles. The summed E-state index contributed by atoms with van der Waals surface area (Å²) < 4.78 is 5.91. The average molecular weight is 415 g/mol. The van der Waals surface area contributed by atoms with Crippen LogP contribution in [0.3, 0.4) is 0 Å². The Labute approximate surface area is 169 Å². The van der Waals surface area contributed by atoms with Gasteiger partial charge in [0, 0.05) is 10.6 Å². The molecule has 0 saturated carbocycles. The highest BCUT2D eigenvalue weighted by atomic mass is 35.5. The first-order valence-corrected chi connectivity index (χ1v) is 8.76. The van der Waals surface area contributed by atoms with Crippen LogP contribution in [0.2, 0.25) is 5.02 Å². The predicted octanol–water partition coefficient (Wildman–Crippen LogP) is 1.05. The molecule has 0 aliphatic carbocycles. The maximum Gasteiger partial charge on any atom is 0.326 e. The SMILES string of the molecule is O=C(COC(=O)Cn1cnc2ccccc2c1=O)NNC(=O)c1ccc(Cl)cc1. The maximum absolute atomic E-state index is 12.3. The first-order chi connectivity index (χ1) is 13.9. The molecule has 0 saturated heterocycles. The van der Waals surface area contributed by atoms with Gasteiger partial charge in [-0.1, -0.05) is 23.7 Å². The number of benzene rings is 2. The second kappa shape index (κ2) is 8.98. The van der Waals surface area contributed by atoms with Crippen molar-refractivity contribution in [3.63, 3.8) is 0 Å². The van der Waals surface area contributed by atoms with Crippen LogP contribution in [0.4, 0.5) is 0 Å². The number of amides is 2. The molecule has 0 fully saturated rings. The fourth-order valence-corrected chi connectivity index (χ4v) is 2.51. The van der Waals surface area contributed by atoms with Crippen molar-refractivity contribution in [3.05, 3.63) is 75.8 Å². The van der Waals surface area contributed by atoms with E-state index in [1.54, 1.807) is 24.3 Å². The molecule has 0 aliphatic rings. The van der Waals surface area contributed by atoms with Crippen LogP contribution in [0.15, 0.2) is 59.7 Å². The van der Waals surface area contributed by atoms with E-state index in [1.807, 2.05) is 0 Å². The lowest BCUT2D eigenvalue weighted by Crippen LogP contribution is -2.43. The van der Waals surface area contributed by atoms with Crippen molar-refractivity contribution < 1.29 is 19.1 Å². The number of carbonyl (C=O) groups excluding carboxylic acids is 3. The van der Waals surface area contributed by atoms with Crippen LogP contribution in [0, 0.1) is 0 Å². The minimum Gasteiger partial charge on any atom is -0.454 e. The van der Waals surface area contributed by atoms with E-state index < -0.39 is 36.5 Å². The van der Waals surface area contributed by atoms with Gasteiger partial charge in [-0.3, -0.25) is 34.6 Å². The molecule has 2 aromatic carbocycles. The molecule has 0 unspecified atom stereocenters. The monoisotopic (exact) mass is 414 g/mol. The van der Waals surface area contributed by atoms with E-state index in [2.05, 4.69) is 15.8 Å². The van der Waals surface area contributed by atoms with Gasteiger partial charge in [0.1, 0.15) is 6.54 Å². The van der Waals surface area contributed by atoms with Crippen molar-refractivity contribution in [3.8, 4) is 0 Å². The van der Waals surface area contributed by atoms with Crippen molar-refractivity contribution >= 4 is 40.3 Å². The van der Waals surface area contributed by atoms with Crippen LogP contribution < -0.4 is 16.4 Å². The molecule has 2 amide bonds. The van der Waals surface area contributed by atoms with Crippen LogP contribution in [0.1, 0.15) is 10.4 Å². The van der Waals surface area contributed by atoms with E-state index in [0.29, 0.717) is 15.9 Å². The van der Waals surface area contributed by atoms with Gasteiger partial charge < -0.3 is 4.74 Å². The Morgan fingerprint density at radius 1 is 1.03 bits per heavy atom. The highest BCUT2D eigenvalue weighted by molar-refractivity contribution is 6.30. The Bertz CT molecular complexity index is 1130. The van der Waals surface area contributed by atoms with Crippen LogP contribution in [-0.2, 0) is 20.9 Å². The fraction of sp³-hybridized carbons (Fsp3) is 0.105. The first-order valence-electron chi connectivity index (χ1n) is 8.38. The largest absolute Gasteiger partial charge is 0.454 e. The summed E-state index contributed by atoms with van der Waals surface area (Å²) in [6.07, 6.45) is 1.23. The van der Waals surface area contributed by atoms with E-state index in [1.165, 1.54) is 30.6 Å². The Balaban J connectivity index is 1.48. The normalized spacial score (nSPS) is 10.4. The zero-order chi connectivity index (χ0) is 20.8. The van der Waals surface area contributed by atoms with Gasteiger partial charge in [0.05, 0.1) is 17.2 Å². The molecule has 3 rings (SSSR count). The molecule has 1 heterocycles. The van der Waals surface area contributed by atoms with E-state index in [0.717, 1.165) is 4.57 Å². The minimum atomic E-state index is -0.802. The second-order valence-electron chi connectivity index (χ2n) is 5.86. The summed E-state index contributed by atoms with van der Waals surface area (Å²) >= 11 is 5.74. The number of ether oxygens (including phenoxy) is 1. The summed E-state index contributed by atoms with van der Waals surface area (Å²) in [6.45, 7) is -1.03. The topological polar surface area (TPSA) is 119 Å². The number of aromatic nitrogens is 2. The van der Waals surface area contributed by atoms with Gasteiger partial charge in [0.15, 0.2) is 6.61 Å². The number of nitrogens with one attached hydrogen (secondary N) is 2. The molecule has 9 nitrogen and oxygen atoms in total. The van der Waals surface area contributed by atoms with Gasteiger partial charge in [0.25, 0.3) is 17.4 Å². The van der Waals surface area contributed by atoms with E-state index in [9.17, 15) is 19.2 Å². The van der Waals surface area contributed by atoms with Gasteiger partial charge in [0.2, 0.25) is 0 Å². The number of esters is 1. The number of carbonyl (C=O) groups is 3. The molecule has 0 bridgehead atoms. The zero-order valence-electron chi connectivity index (χ0n) is 14.9. The maximum atomic E-state index is 12.3. The number of fused-ring (bicyclic) bond motifs is 1. The zero-order valence-corrected chi connectivity index (χ0v) is 15.7. The summed E-state index contributed by atoms with van der Waals surface area (Å²) in [4.78, 5) is 51.9. The second-order valence-corrected chi connectivity index (χ2v) is 6.30. The van der Waals surface area contributed by atoms with Crippen molar-refractivity contribution in [1.82, 2.24) is 20.4 Å². The lowest BCUT2D eigenvalue weighted by Gasteiger charge is -2.09. The number of nitrogens with zero attached hydrogens (tertiary/aromatic N) is 2. The van der Waals surface area contributed by atoms with Crippen molar-refractivity contribution in [2.24, 2.45) is 0 Å². The number of rotatable bonds is 5. The third-order valence-electron chi connectivity index (χ3n) is 3.82. The van der Waals surface area contributed by atoms with Crippen LogP contribution in [0.5, 0.6) is 0 Å². The third-order valence-corrected chi connectivity index (χ3v) is 4.07. The molecule has 0 aliphatic heterocycles. The number of hydrogen-bond donors (Lipinski definition) is 2. The van der Waals surface area contributed by atoms with Gasteiger partial charge in [-0.05, 0) is 36.4 Å². The third kappa shape index (κ3) is 5.17. The van der Waals surface area contributed by atoms with E-state index >= 15 is 0 Å². The van der Waals surface area contributed by atoms with Gasteiger partial charge in [-0.2, -0.15) is 0 Å². The number of para-hydroxylation sites is 1. The molecular weight excluding hydrogens is 400 g/mol. The predicted molar refractivity (Wildman–Crippen MR) is 104 cm³/mol. The van der Waals surface area contributed by atoms with Crippen LogP contribution in [-0.4, -0.2) is 33.9 Å². The highest BCUT2D eigenvalue weighted by Crippen LogP contribution is 2.09. The summed E-state index contributed by atoms with van der Waals surface area (Å²) in [5, 5.41) is 0.837. The van der Waals surface area contributed by atoms with Crippen molar-refractivity contribution in [1.29, 1.82) is 0 Å². The molecule has 10 heteroatoms. The molecule has 2 N–H and O–H groups in total.